The lowest BCUT2D eigenvalue weighted by molar-refractivity contribution is -0.143. The molecule has 1 amide bonds. The van der Waals surface area contributed by atoms with Crippen molar-refractivity contribution in [1.29, 1.82) is 0 Å². The van der Waals surface area contributed by atoms with Crippen molar-refractivity contribution in [2.45, 2.75) is 22.7 Å². The Morgan fingerprint density at radius 3 is 2.57 bits per heavy atom. The summed E-state index contributed by atoms with van der Waals surface area (Å²) in [5.74, 6) is 4.36. The fourth-order valence-electron chi connectivity index (χ4n) is 2.43. The van der Waals surface area contributed by atoms with Gasteiger partial charge in [-0.2, -0.15) is 13.2 Å². The van der Waals surface area contributed by atoms with Crippen molar-refractivity contribution in [3.05, 3.63) is 59.7 Å². The molecule has 0 fully saturated rings. The minimum absolute atomic E-state index is 0.104. The van der Waals surface area contributed by atoms with Crippen LogP contribution in [0.3, 0.4) is 0 Å². The number of anilines is 1. The Kier molecular flexibility index (Phi) is 5.95. The van der Waals surface area contributed by atoms with Gasteiger partial charge in [-0.25, -0.2) is 0 Å². The summed E-state index contributed by atoms with van der Waals surface area (Å²) in [5, 5.41) is 2.15. The Balaban J connectivity index is 1.49. The number of fused-ring (bicyclic) bond motifs is 1. The van der Waals surface area contributed by atoms with E-state index in [1.165, 1.54) is 23.9 Å². The lowest BCUT2D eigenvalue weighted by Gasteiger charge is -2.23. The third kappa shape index (κ3) is 5.08. The Bertz CT molecular complexity index is 946. The smallest absolute Gasteiger partial charge is 0.416 e. The average Bonchev–Trinajstić information content (AvgIpc) is 2.65. The van der Waals surface area contributed by atoms with Gasteiger partial charge in [-0.1, -0.05) is 24.0 Å². The van der Waals surface area contributed by atoms with Crippen LogP contribution in [0, 0.1) is 11.8 Å². The van der Waals surface area contributed by atoms with Crippen LogP contribution in [-0.4, -0.2) is 23.7 Å². The fraction of sp³-hybridized carbons (Fsp3) is 0.200. The van der Waals surface area contributed by atoms with Gasteiger partial charge < -0.3 is 10.1 Å². The Morgan fingerprint density at radius 2 is 1.86 bits per heavy atom. The molecule has 1 heterocycles. The van der Waals surface area contributed by atoms with Gasteiger partial charge in [0.25, 0.3) is 0 Å². The van der Waals surface area contributed by atoms with Gasteiger partial charge in [0.15, 0.2) is 6.61 Å². The summed E-state index contributed by atoms with van der Waals surface area (Å²) >= 11 is 1.29. The van der Waals surface area contributed by atoms with Gasteiger partial charge in [0.05, 0.1) is 22.9 Å². The van der Waals surface area contributed by atoms with Crippen molar-refractivity contribution in [3.8, 4) is 11.8 Å². The van der Waals surface area contributed by atoms with Crippen LogP contribution in [0.1, 0.15) is 17.5 Å². The highest BCUT2D eigenvalue weighted by Gasteiger charge is 2.30. The first kappa shape index (κ1) is 19.8. The van der Waals surface area contributed by atoms with Gasteiger partial charge in [0.1, 0.15) is 0 Å². The minimum atomic E-state index is -4.40. The summed E-state index contributed by atoms with van der Waals surface area (Å²) in [6.07, 6.45) is -4.50. The predicted octanol–water partition coefficient (Wildman–Crippen LogP) is 4.10. The number of rotatable bonds is 3. The molecule has 3 rings (SSSR count). The second kappa shape index (κ2) is 8.40. The third-order valence-electron chi connectivity index (χ3n) is 3.81. The monoisotopic (exact) mass is 405 g/mol. The Labute approximate surface area is 163 Å². The summed E-state index contributed by atoms with van der Waals surface area (Å²) in [7, 11) is 0. The molecule has 0 aliphatic carbocycles. The molecule has 1 N–H and O–H groups in total. The molecule has 4 nitrogen and oxygen atoms in total. The number of hydrogen-bond donors (Lipinski definition) is 1. The van der Waals surface area contributed by atoms with E-state index in [2.05, 4.69) is 17.2 Å². The molecule has 1 aliphatic heterocycles. The van der Waals surface area contributed by atoms with E-state index in [0.717, 1.165) is 17.0 Å². The number of alkyl halides is 3. The van der Waals surface area contributed by atoms with Gasteiger partial charge in [0.2, 0.25) is 5.91 Å². The van der Waals surface area contributed by atoms with Gasteiger partial charge in [-0.05, 0) is 36.4 Å². The van der Waals surface area contributed by atoms with Crippen LogP contribution in [0.15, 0.2) is 53.4 Å². The second-order valence-corrected chi connectivity index (χ2v) is 7.08. The zero-order valence-corrected chi connectivity index (χ0v) is 15.2. The maximum Gasteiger partial charge on any atom is 0.416 e. The van der Waals surface area contributed by atoms with E-state index in [4.69, 9.17) is 4.74 Å². The normalized spacial score (nSPS) is 15.7. The highest BCUT2D eigenvalue weighted by molar-refractivity contribution is 8.01. The summed E-state index contributed by atoms with van der Waals surface area (Å²) in [6, 6.07) is 11.7. The van der Waals surface area contributed by atoms with E-state index >= 15 is 0 Å². The molecule has 0 radical (unpaired) electrons. The number of amides is 1. The zero-order valence-electron chi connectivity index (χ0n) is 14.4. The van der Waals surface area contributed by atoms with E-state index < -0.39 is 23.0 Å². The van der Waals surface area contributed by atoms with Crippen molar-refractivity contribution >= 4 is 29.3 Å². The van der Waals surface area contributed by atoms with E-state index in [1.807, 2.05) is 18.2 Å². The largest absolute Gasteiger partial charge is 0.452 e. The van der Waals surface area contributed by atoms with Crippen molar-refractivity contribution < 1.29 is 27.5 Å². The molecule has 144 valence electrons. The third-order valence-corrected chi connectivity index (χ3v) is 5.08. The average molecular weight is 405 g/mol. The number of para-hydroxylation sites is 1. The van der Waals surface area contributed by atoms with Crippen molar-refractivity contribution in [3.63, 3.8) is 0 Å². The summed E-state index contributed by atoms with van der Waals surface area (Å²) in [6.45, 7) is -0.213. The molecule has 2 aromatic rings. The van der Waals surface area contributed by atoms with E-state index in [0.29, 0.717) is 11.3 Å². The van der Waals surface area contributed by atoms with Gasteiger partial charge >= 0.3 is 12.1 Å². The molecule has 2 aromatic carbocycles. The molecule has 1 atom stereocenters. The van der Waals surface area contributed by atoms with Gasteiger partial charge in [0, 0.05) is 10.5 Å². The summed E-state index contributed by atoms with van der Waals surface area (Å²) < 4.78 is 42.5. The fourth-order valence-corrected chi connectivity index (χ4v) is 3.53. The quantitative estimate of drug-likeness (QED) is 0.617. The lowest BCUT2D eigenvalue weighted by Crippen LogP contribution is -2.31. The van der Waals surface area contributed by atoms with Crippen LogP contribution in [-0.2, 0) is 20.5 Å². The molecule has 0 bridgehead atoms. The van der Waals surface area contributed by atoms with Crippen LogP contribution < -0.4 is 5.32 Å². The minimum Gasteiger partial charge on any atom is -0.452 e. The number of carbonyl (C=O) groups excluding carboxylic acids is 2. The number of esters is 1. The summed E-state index contributed by atoms with van der Waals surface area (Å²) in [5.41, 5.74) is 0.335. The number of thioether (sulfide) groups is 1. The predicted molar refractivity (Wildman–Crippen MR) is 98.6 cm³/mol. The summed E-state index contributed by atoms with van der Waals surface area (Å²) in [4.78, 5) is 24.9. The van der Waals surface area contributed by atoms with Gasteiger partial charge in [-0.3, -0.25) is 9.59 Å². The number of hydrogen-bond acceptors (Lipinski definition) is 4. The Hall–Kier alpha value is -2.92. The SMILES string of the molecule is O=C(C[C@H]1Sc2ccccc2NC1=O)OCC#Cc1ccc(C(F)(F)F)cc1. The Morgan fingerprint density at radius 1 is 1.14 bits per heavy atom. The number of benzene rings is 2. The van der Waals surface area contributed by atoms with E-state index in [-0.39, 0.29) is 18.9 Å². The van der Waals surface area contributed by atoms with E-state index in [9.17, 15) is 22.8 Å². The number of ether oxygens (including phenoxy) is 1. The molecule has 0 saturated carbocycles. The molecular weight excluding hydrogens is 391 g/mol. The topological polar surface area (TPSA) is 55.4 Å². The lowest BCUT2D eigenvalue weighted by atomic mass is 10.1. The molecule has 8 heteroatoms. The highest BCUT2D eigenvalue weighted by atomic mass is 32.2. The van der Waals surface area contributed by atoms with Crippen LogP contribution >= 0.6 is 11.8 Å². The number of carbonyl (C=O) groups is 2. The van der Waals surface area contributed by atoms with Crippen molar-refractivity contribution in [1.82, 2.24) is 0 Å². The molecule has 0 saturated heterocycles. The maximum absolute atomic E-state index is 12.5. The molecule has 28 heavy (non-hydrogen) atoms. The van der Waals surface area contributed by atoms with Crippen molar-refractivity contribution in [2.24, 2.45) is 0 Å². The zero-order chi connectivity index (χ0) is 20.1. The molecular formula is C20H14F3NO3S. The maximum atomic E-state index is 12.5. The van der Waals surface area contributed by atoms with E-state index in [1.54, 1.807) is 6.07 Å². The number of nitrogens with one attached hydrogen (secondary N) is 1. The van der Waals surface area contributed by atoms with Crippen LogP contribution in [0.4, 0.5) is 18.9 Å². The first-order valence-corrected chi connectivity index (χ1v) is 9.09. The van der Waals surface area contributed by atoms with Crippen LogP contribution in [0.25, 0.3) is 0 Å². The first-order valence-electron chi connectivity index (χ1n) is 8.21. The highest BCUT2D eigenvalue weighted by Crippen LogP contribution is 2.36. The standard InChI is InChI=1S/C20H14F3NO3S/c21-20(22,23)14-9-7-13(8-10-14)4-3-11-27-18(25)12-17-19(26)24-15-5-1-2-6-16(15)28-17/h1-2,5-10,17H,11-12H2,(H,24,26)/t17-/m1/s1. The first-order chi connectivity index (χ1) is 13.3. The second-order valence-electron chi connectivity index (χ2n) is 5.83. The molecule has 1 aliphatic rings. The molecule has 0 unspecified atom stereocenters. The van der Waals surface area contributed by atoms with Crippen molar-refractivity contribution in [2.75, 3.05) is 11.9 Å². The number of halogens is 3. The molecule has 0 aromatic heterocycles. The van der Waals surface area contributed by atoms with Crippen LogP contribution in [0.5, 0.6) is 0 Å². The molecule has 0 spiro atoms. The van der Waals surface area contributed by atoms with Crippen LogP contribution in [0.2, 0.25) is 0 Å². The van der Waals surface area contributed by atoms with Gasteiger partial charge in [-0.15, -0.1) is 11.8 Å².